The molecule has 0 aromatic heterocycles. The summed E-state index contributed by atoms with van der Waals surface area (Å²) in [5.74, 6) is -0.123. The van der Waals surface area contributed by atoms with E-state index in [1.165, 1.54) is 5.56 Å². The molecule has 0 bridgehead atoms. The molecule has 1 heterocycles. The molecule has 4 heteroatoms. The van der Waals surface area contributed by atoms with Crippen molar-refractivity contribution in [3.05, 3.63) is 112 Å². The van der Waals surface area contributed by atoms with Crippen LogP contribution in [0.15, 0.2) is 84.6 Å². The molecular weight excluding hydrogens is 394 g/mol. The van der Waals surface area contributed by atoms with Gasteiger partial charge in [0.1, 0.15) is 0 Å². The molecular formula is C26H24ClNO2. The van der Waals surface area contributed by atoms with Crippen LogP contribution in [0.4, 0.5) is 0 Å². The van der Waals surface area contributed by atoms with Crippen LogP contribution in [-0.4, -0.2) is 15.9 Å². The first-order valence-electron chi connectivity index (χ1n) is 10.1. The fourth-order valence-electron chi connectivity index (χ4n) is 3.93. The second kappa shape index (κ2) is 8.37. The summed E-state index contributed by atoms with van der Waals surface area (Å²) < 4.78 is 0. The first-order valence-corrected chi connectivity index (χ1v) is 10.5. The average molecular weight is 418 g/mol. The van der Waals surface area contributed by atoms with Crippen molar-refractivity contribution in [3.8, 4) is 0 Å². The molecule has 152 valence electrons. The molecule has 1 amide bonds. The lowest BCUT2D eigenvalue weighted by atomic mass is 9.91. The molecule has 30 heavy (non-hydrogen) atoms. The number of benzene rings is 3. The Morgan fingerprint density at radius 3 is 2.17 bits per heavy atom. The predicted molar refractivity (Wildman–Crippen MR) is 121 cm³/mol. The third-order valence-corrected chi connectivity index (χ3v) is 5.83. The van der Waals surface area contributed by atoms with E-state index in [0.29, 0.717) is 23.1 Å². The lowest BCUT2D eigenvalue weighted by Gasteiger charge is -2.28. The number of carbonyl (C=O) groups excluding carboxylic acids is 1. The Labute approximate surface area is 182 Å². The maximum absolute atomic E-state index is 13.1. The fraction of sp³-hybridized carbons (Fsp3) is 0.192. The number of aliphatic hydroxyl groups is 1. The highest BCUT2D eigenvalue weighted by Gasteiger charge is 2.40. The zero-order chi connectivity index (χ0) is 21.3. The minimum absolute atomic E-state index is 0.187. The lowest BCUT2D eigenvalue weighted by Crippen LogP contribution is -2.29. The Balaban J connectivity index is 1.78. The third kappa shape index (κ3) is 3.86. The molecule has 1 atom stereocenters. The van der Waals surface area contributed by atoms with E-state index in [4.69, 9.17) is 11.6 Å². The summed E-state index contributed by atoms with van der Waals surface area (Å²) in [5.41, 5.74) is 4.66. The van der Waals surface area contributed by atoms with E-state index in [1.54, 1.807) is 4.90 Å². The van der Waals surface area contributed by atoms with Gasteiger partial charge in [-0.1, -0.05) is 92.2 Å². The summed E-state index contributed by atoms with van der Waals surface area (Å²) in [7, 11) is 0. The molecule has 0 unspecified atom stereocenters. The van der Waals surface area contributed by atoms with Gasteiger partial charge in [-0.05, 0) is 40.3 Å². The molecule has 3 aromatic carbocycles. The summed E-state index contributed by atoms with van der Waals surface area (Å²) in [6.07, 6.45) is 0. The number of carbonyl (C=O) groups is 1. The first-order chi connectivity index (χ1) is 14.5. The van der Waals surface area contributed by atoms with E-state index in [1.807, 2.05) is 54.6 Å². The van der Waals surface area contributed by atoms with Crippen molar-refractivity contribution in [3.63, 3.8) is 0 Å². The van der Waals surface area contributed by atoms with Gasteiger partial charge in [0.05, 0.1) is 6.04 Å². The van der Waals surface area contributed by atoms with Crippen LogP contribution in [0.1, 0.15) is 48.1 Å². The number of hydrogen-bond acceptors (Lipinski definition) is 2. The lowest BCUT2D eigenvalue weighted by molar-refractivity contribution is -0.130. The Kier molecular flexibility index (Phi) is 5.65. The van der Waals surface area contributed by atoms with Crippen LogP contribution in [0.3, 0.4) is 0 Å². The van der Waals surface area contributed by atoms with Crippen molar-refractivity contribution >= 4 is 23.1 Å². The van der Waals surface area contributed by atoms with Gasteiger partial charge in [0.2, 0.25) is 0 Å². The molecule has 0 aliphatic carbocycles. The quantitative estimate of drug-likeness (QED) is 0.513. The van der Waals surface area contributed by atoms with Crippen LogP contribution >= 0.6 is 11.6 Å². The normalized spacial score (nSPS) is 16.6. The van der Waals surface area contributed by atoms with Crippen LogP contribution in [0.5, 0.6) is 0 Å². The van der Waals surface area contributed by atoms with Crippen LogP contribution in [0.25, 0.3) is 5.57 Å². The van der Waals surface area contributed by atoms with Crippen LogP contribution in [-0.2, 0) is 11.3 Å². The zero-order valence-corrected chi connectivity index (χ0v) is 17.8. The van der Waals surface area contributed by atoms with Crippen molar-refractivity contribution < 1.29 is 9.90 Å². The number of halogens is 1. The fourth-order valence-corrected chi connectivity index (χ4v) is 4.05. The van der Waals surface area contributed by atoms with Gasteiger partial charge in [-0.3, -0.25) is 4.79 Å². The van der Waals surface area contributed by atoms with Crippen molar-refractivity contribution in [2.24, 2.45) is 0 Å². The van der Waals surface area contributed by atoms with E-state index in [0.717, 1.165) is 16.7 Å². The Bertz CT molecular complexity index is 1070. The predicted octanol–water partition coefficient (Wildman–Crippen LogP) is 6.52. The van der Waals surface area contributed by atoms with Crippen molar-refractivity contribution in [2.75, 3.05) is 0 Å². The standard InChI is InChI=1S/C26H24ClNO2/c1-17(2)19-10-12-21(13-11-19)24-23(20-6-4-3-5-7-20)25(29)26(30)28(24)16-18-8-14-22(27)15-9-18/h3-15,17,24,29H,16H2,1-2H3/t24-/m0/s1. The van der Waals surface area contributed by atoms with Crippen molar-refractivity contribution in [2.45, 2.75) is 32.4 Å². The van der Waals surface area contributed by atoms with E-state index >= 15 is 0 Å². The number of amides is 1. The summed E-state index contributed by atoms with van der Waals surface area (Å²) in [5, 5.41) is 11.5. The van der Waals surface area contributed by atoms with Gasteiger partial charge in [0.25, 0.3) is 5.91 Å². The third-order valence-electron chi connectivity index (χ3n) is 5.57. The van der Waals surface area contributed by atoms with Crippen molar-refractivity contribution in [1.82, 2.24) is 4.90 Å². The highest BCUT2D eigenvalue weighted by Crippen LogP contribution is 2.43. The maximum Gasteiger partial charge on any atom is 0.290 e. The molecule has 0 saturated heterocycles. The monoisotopic (exact) mass is 417 g/mol. The molecule has 0 fully saturated rings. The van der Waals surface area contributed by atoms with Gasteiger partial charge in [-0.25, -0.2) is 0 Å². The van der Waals surface area contributed by atoms with Crippen LogP contribution in [0.2, 0.25) is 5.02 Å². The topological polar surface area (TPSA) is 40.5 Å². The molecule has 1 N–H and O–H groups in total. The molecule has 4 rings (SSSR count). The van der Waals surface area contributed by atoms with Gasteiger partial charge in [0, 0.05) is 17.1 Å². The summed E-state index contributed by atoms with van der Waals surface area (Å²) >= 11 is 6.02. The minimum atomic E-state index is -0.364. The molecule has 3 aromatic rings. The van der Waals surface area contributed by atoms with Crippen molar-refractivity contribution in [1.29, 1.82) is 0 Å². The molecule has 0 spiro atoms. The number of rotatable bonds is 5. The molecule has 1 aliphatic rings. The second-order valence-electron chi connectivity index (χ2n) is 7.91. The number of aliphatic hydroxyl groups excluding tert-OH is 1. The molecule has 0 saturated carbocycles. The number of nitrogens with zero attached hydrogens (tertiary/aromatic N) is 1. The second-order valence-corrected chi connectivity index (χ2v) is 8.35. The summed E-state index contributed by atoms with van der Waals surface area (Å²) in [6, 6.07) is 25.0. The average Bonchev–Trinajstić information content (AvgIpc) is 3.01. The zero-order valence-electron chi connectivity index (χ0n) is 17.0. The molecule has 3 nitrogen and oxygen atoms in total. The van der Waals surface area contributed by atoms with E-state index in [2.05, 4.69) is 38.1 Å². The van der Waals surface area contributed by atoms with Crippen LogP contribution < -0.4 is 0 Å². The Morgan fingerprint density at radius 2 is 1.57 bits per heavy atom. The highest BCUT2D eigenvalue weighted by molar-refractivity contribution is 6.30. The Morgan fingerprint density at radius 1 is 0.933 bits per heavy atom. The molecule has 0 radical (unpaired) electrons. The highest BCUT2D eigenvalue weighted by atomic mass is 35.5. The van der Waals surface area contributed by atoms with Gasteiger partial charge in [-0.15, -0.1) is 0 Å². The van der Waals surface area contributed by atoms with E-state index in [-0.39, 0.29) is 17.7 Å². The van der Waals surface area contributed by atoms with Gasteiger partial charge in [0.15, 0.2) is 5.76 Å². The minimum Gasteiger partial charge on any atom is -0.503 e. The number of hydrogen-bond donors (Lipinski definition) is 1. The maximum atomic E-state index is 13.1. The first kappa shape index (κ1) is 20.2. The summed E-state index contributed by atoms with van der Waals surface area (Å²) in [6.45, 7) is 4.69. The van der Waals surface area contributed by atoms with Gasteiger partial charge >= 0.3 is 0 Å². The van der Waals surface area contributed by atoms with Crippen LogP contribution in [0, 0.1) is 0 Å². The smallest absolute Gasteiger partial charge is 0.290 e. The van der Waals surface area contributed by atoms with E-state index < -0.39 is 0 Å². The largest absolute Gasteiger partial charge is 0.503 e. The SMILES string of the molecule is CC(C)c1ccc([C@H]2C(c3ccccc3)=C(O)C(=O)N2Cc2ccc(Cl)cc2)cc1. The Hall–Kier alpha value is -3.04. The molecule has 1 aliphatic heterocycles. The summed E-state index contributed by atoms with van der Waals surface area (Å²) in [4.78, 5) is 14.8. The van der Waals surface area contributed by atoms with E-state index in [9.17, 15) is 9.90 Å². The van der Waals surface area contributed by atoms with Gasteiger partial charge in [-0.2, -0.15) is 0 Å². The van der Waals surface area contributed by atoms with Gasteiger partial charge < -0.3 is 10.0 Å².